The van der Waals surface area contributed by atoms with Gasteiger partial charge in [-0.15, -0.1) is 0 Å². The molecule has 0 N–H and O–H groups in total. The van der Waals surface area contributed by atoms with Crippen LogP contribution in [0.2, 0.25) is 0 Å². The second kappa shape index (κ2) is 8.60. The Morgan fingerprint density at radius 1 is 1.26 bits per heavy atom. The van der Waals surface area contributed by atoms with E-state index in [-0.39, 0.29) is 29.8 Å². The highest BCUT2D eigenvalue weighted by atomic mass is 32.2. The van der Waals surface area contributed by atoms with E-state index >= 15 is 0 Å². The number of halogens is 3. The molecule has 27 heavy (non-hydrogen) atoms. The Morgan fingerprint density at radius 3 is 2.44 bits per heavy atom. The molecule has 1 heterocycles. The first-order valence-corrected chi connectivity index (χ1v) is 10.4. The number of unbranched alkanes of at least 4 members (excludes halogenated alkanes) is 1. The molecule has 1 aromatic carbocycles. The fraction of sp³-hybridized carbons (Fsp3) is 0.611. The Bertz CT molecular complexity index is 757. The Kier molecular flexibility index (Phi) is 6.91. The number of sulfonamides is 1. The maximum atomic E-state index is 12.9. The van der Waals surface area contributed by atoms with Crippen molar-refractivity contribution in [3.05, 3.63) is 29.8 Å². The topological polar surface area (TPSA) is 57.7 Å². The highest BCUT2D eigenvalue weighted by Gasteiger charge is 2.35. The van der Waals surface area contributed by atoms with Crippen LogP contribution in [0.1, 0.15) is 38.2 Å². The smallest absolute Gasteiger partial charge is 0.346 e. The van der Waals surface area contributed by atoms with E-state index in [1.54, 1.807) is 11.9 Å². The molecule has 1 aliphatic heterocycles. The molecular weight excluding hydrogens is 381 g/mol. The first-order valence-electron chi connectivity index (χ1n) is 8.99. The number of carbonyl (C=O) groups excluding carboxylic acids is 1. The second-order valence-corrected chi connectivity index (χ2v) is 8.76. The summed E-state index contributed by atoms with van der Waals surface area (Å²) in [6.07, 6.45) is -1.98. The van der Waals surface area contributed by atoms with Crippen LogP contribution in [0.5, 0.6) is 0 Å². The lowest BCUT2D eigenvalue weighted by molar-refractivity contribution is -0.138. The van der Waals surface area contributed by atoms with Crippen LogP contribution in [0.25, 0.3) is 0 Å². The number of hydrogen-bond donors (Lipinski definition) is 0. The normalized spacial score (nSPS) is 17.1. The van der Waals surface area contributed by atoms with E-state index < -0.39 is 21.8 Å². The monoisotopic (exact) mass is 406 g/mol. The van der Waals surface area contributed by atoms with Gasteiger partial charge in [-0.2, -0.15) is 17.5 Å². The van der Waals surface area contributed by atoms with E-state index in [0.29, 0.717) is 25.5 Å². The predicted octanol–water partition coefficient (Wildman–Crippen LogP) is 3.36. The summed E-state index contributed by atoms with van der Waals surface area (Å²) in [7, 11) is -2.28. The molecule has 0 aromatic heterocycles. The van der Waals surface area contributed by atoms with E-state index in [2.05, 4.69) is 0 Å². The van der Waals surface area contributed by atoms with Crippen LogP contribution in [0.3, 0.4) is 0 Å². The summed E-state index contributed by atoms with van der Waals surface area (Å²) >= 11 is 0. The number of nitrogens with zero attached hydrogens (tertiary/aromatic N) is 2. The Balaban J connectivity index is 2.06. The van der Waals surface area contributed by atoms with E-state index in [1.807, 2.05) is 6.92 Å². The van der Waals surface area contributed by atoms with Gasteiger partial charge in [0.15, 0.2) is 0 Å². The van der Waals surface area contributed by atoms with Gasteiger partial charge in [0, 0.05) is 32.6 Å². The fourth-order valence-electron chi connectivity index (χ4n) is 3.14. The van der Waals surface area contributed by atoms with Gasteiger partial charge in [0.25, 0.3) is 0 Å². The third-order valence-electron chi connectivity index (χ3n) is 4.83. The van der Waals surface area contributed by atoms with Gasteiger partial charge in [-0.25, -0.2) is 8.42 Å². The van der Waals surface area contributed by atoms with Gasteiger partial charge < -0.3 is 4.90 Å². The molecule has 1 fully saturated rings. The molecule has 2 rings (SSSR count). The van der Waals surface area contributed by atoms with Gasteiger partial charge in [0.1, 0.15) is 0 Å². The molecule has 0 aliphatic carbocycles. The molecule has 0 bridgehead atoms. The van der Waals surface area contributed by atoms with Crippen molar-refractivity contribution in [1.29, 1.82) is 0 Å². The minimum absolute atomic E-state index is 0.000401. The largest absolute Gasteiger partial charge is 0.416 e. The minimum Gasteiger partial charge on any atom is -0.346 e. The number of hydrogen-bond acceptors (Lipinski definition) is 3. The van der Waals surface area contributed by atoms with E-state index in [4.69, 9.17) is 0 Å². The third kappa shape index (κ3) is 5.22. The lowest BCUT2D eigenvalue weighted by Crippen LogP contribution is -2.43. The van der Waals surface area contributed by atoms with Gasteiger partial charge in [0.2, 0.25) is 15.9 Å². The number of amides is 1. The van der Waals surface area contributed by atoms with Crippen LogP contribution in [-0.4, -0.2) is 50.2 Å². The zero-order valence-electron chi connectivity index (χ0n) is 15.5. The Labute approximate surface area is 158 Å². The quantitative estimate of drug-likeness (QED) is 0.728. The molecule has 1 saturated heterocycles. The van der Waals surface area contributed by atoms with Crippen LogP contribution in [0.4, 0.5) is 13.2 Å². The summed E-state index contributed by atoms with van der Waals surface area (Å²) in [5.74, 6) is -0.251. The minimum atomic E-state index is -4.60. The molecule has 1 aliphatic rings. The highest BCUT2D eigenvalue weighted by molar-refractivity contribution is 7.89. The summed E-state index contributed by atoms with van der Waals surface area (Å²) in [5.41, 5.74) is -0.994. The average Bonchev–Trinajstić information content (AvgIpc) is 2.65. The van der Waals surface area contributed by atoms with Gasteiger partial charge in [0.05, 0.1) is 10.5 Å². The SMILES string of the molecule is CCCCN(C)C(=O)C1CCN(S(=O)(=O)c2cccc(C(F)(F)F)c2)CC1. The standard InChI is InChI=1S/C18H25F3N2O3S/c1-3-4-10-22(2)17(24)14-8-11-23(12-9-14)27(25,26)16-7-5-6-15(13-16)18(19,20)21/h5-7,13-14H,3-4,8-12H2,1-2H3. The molecule has 0 saturated carbocycles. The van der Waals surface area contributed by atoms with Crippen molar-refractivity contribution >= 4 is 15.9 Å². The number of carbonyl (C=O) groups is 1. The third-order valence-corrected chi connectivity index (χ3v) is 6.72. The number of rotatable bonds is 6. The average molecular weight is 406 g/mol. The molecular formula is C18H25F3N2O3S. The summed E-state index contributed by atoms with van der Waals surface area (Å²) in [4.78, 5) is 13.7. The Morgan fingerprint density at radius 2 is 1.89 bits per heavy atom. The van der Waals surface area contributed by atoms with E-state index in [9.17, 15) is 26.4 Å². The summed E-state index contributed by atoms with van der Waals surface area (Å²) in [6.45, 7) is 2.95. The van der Waals surface area contributed by atoms with E-state index in [0.717, 1.165) is 29.3 Å². The van der Waals surface area contributed by atoms with Crippen LogP contribution in [-0.2, 0) is 21.0 Å². The van der Waals surface area contributed by atoms with Crippen molar-refractivity contribution in [3.63, 3.8) is 0 Å². The molecule has 0 spiro atoms. The molecule has 9 heteroatoms. The van der Waals surface area contributed by atoms with E-state index in [1.165, 1.54) is 6.07 Å². The number of piperidine rings is 1. The van der Waals surface area contributed by atoms with Crippen molar-refractivity contribution in [2.45, 2.75) is 43.7 Å². The predicted molar refractivity (Wildman–Crippen MR) is 95.5 cm³/mol. The van der Waals surface area contributed by atoms with Gasteiger partial charge in [-0.3, -0.25) is 4.79 Å². The summed E-state index contributed by atoms with van der Waals surface area (Å²) < 4.78 is 65.1. The maximum absolute atomic E-state index is 12.9. The highest BCUT2D eigenvalue weighted by Crippen LogP contribution is 2.32. The van der Waals surface area contributed by atoms with Crippen molar-refractivity contribution in [3.8, 4) is 0 Å². The van der Waals surface area contributed by atoms with Gasteiger partial charge in [-0.1, -0.05) is 19.4 Å². The summed E-state index contributed by atoms with van der Waals surface area (Å²) in [5, 5.41) is 0. The lowest BCUT2D eigenvalue weighted by atomic mass is 9.96. The van der Waals surface area contributed by atoms with Gasteiger partial charge >= 0.3 is 6.18 Å². The number of benzene rings is 1. The lowest BCUT2D eigenvalue weighted by Gasteiger charge is -2.32. The molecule has 5 nitrogen and oxygen atoms in total. The molecule has 0 radical (unpaired) electrons. The van der Waals surface area contributed by atoms with Crippen LogP contribution in [0, 0.1) is 5.92 Å². The molecule has 152 valence electrons. The second-order valence-electron chi connectivity index (χ2n) is 6.82. The Hall–Kier alpha value is -1.61. The van der Waals surface area contributed by atoms with Crippen LogP contribution < -0.4 is 0 Å². The van der Waals surface area contributed by atoms with Crippen molar-refractivity contribution in [1.82, 2.24) is 9.21 Å². The van der Waals surface area contributed by atoms with Crippen LogP contribution in [0.15, 0.2) is 29.2 Å². The fourth-order valence-corrected chi connectivity index (χ4v) is 4.66. The van der Waals surface area contributed by atoms with Crippen molar-refractivity contribution in [2.24, 2.45) is 5.92 Å². The zero-order valence-corrected chi connectivity index (χ0v) is 16.3. The first-order chi connectivity index (χ1) is 12.6. The molecule has 1 amide bonds. The number of alkyl halides is 3. The molecule has 0 atom stereocenters. The molecule has 0 unspecified atom stereocenters. The van der Waals surface area contributed by atoms with Crippen molar-refractivity contribution < 1.29 is 26.4 Å². The maximum Gasteiger partial charge on any atom is 0.416 e. The van der Waals surface area contributed by atoms with Crippen molar-refractivity contribution in [2.75, 3.05) is 26.7 Å². The zero-order chi connectivity index (χ0) is 20.2. The molecule has 1 aromatic rings. The first kappa shape index (κ1) is 21.7. The summed E-state index contributed by atoms with van der Waals surface area (Å²) in [6, 6.07) is 3.76. The van der Waals surface area contributed by atoms with Gasteiger partial charge in [-0.05, 0) is 37.5 Å². The van der Waals surface area contributed by atoms with Crippen LogP contribution >= 0.6 is 0 Å².